The molecule has 0 unspecified atom stereocenters. The zero-order valence-electron chi connectivity index (χ0n) is 12.2. The molecule has 0 atom stereocenters. The summed E-state index contributed by atoms with van der Waals surface area (Å²) in [4.78, 5) is 22.5. The molecule has 2 aromatic rings. The second kappa shape index (κ2) is 5.05. The summed E-state index contributed by atoms with van der Waals surface area (Å²) in [7, 11) is 0. The molecule has 0 bridgehead atoms. The maximum atomic E-state index is 12.0. The highest BCUT2D eigenvalue weighted by Gasteiger charge is 2.26. The minimum absolute atomic E-state index is 0.217. The Labute approximate surface area is 122 Å². The molecule has 0 radical (unpaired) electrons. The number of hydrazone groups is 1. The molecular weight excluding hydrogens is 266 g/mol. The van der Waals surface area contributed by atoms with Crippen LogP contribution in [0.25, 0.3) is 6.08 Å². The van der Waals surface area contributed by atoms with Crippen LogP contribution >= 0.6 is 0 Å². The van der Waals surface area contributed by atoms with Gasteiger partial charge in [0.05, 0.1) is 5.57 Å². The number of imidazole rings is 1. The van der Waals surface area contributed by atoms with Crippen molar-refractivity contribution in [3.05, 3.63) is 46.3 Å². The Morgan fingerprint density at radius 2 is 2.14 bits per heavy atom. The lowest BCUT2D eigenvalue weighted by molar-refractivity contribution is -0.116. The molecule has 1 aliphatic heterocycles. The van der Waals surface area contributed by atoms with Gasteiger partial charge in [-0.3, -0.25) is 4.79 Å². The van der Waals surface area contributed by atoms with E-state index in [1.54, 1.807) is 12.4 Å². The van der Waals surface area contributed by atoms with Crippen LogP contribution in [0, 0.1) is 13.8 Å². The van der Waals surface area contributed by atoms with Crippen LogP contribution in [0.2, 0.25) is 0 Å². The Bertz CT molecular complexity index is 749. The van der Waals surface area contributed by atoms with Crippen LogP contribution in [0.4, 0.5) is 0 Å². The number of carbonyl (C=O) groups excluding carboxylic acids is 1. The zero-order valence-corrected chi connectivity index (χ0v) is 12.2. The highest BCUT2D eigenvalue weighted by atomic mass is 16.2. The third-order valence-electron chi connectivity index (χ3n) is 3.77. The van der Waals surface area contributed by atoms with Gasteiger partial charge in [-0.15, -0.1) is 0 Å². The van der Waals surface area contributed by atoms with Gasteiger partial charge in [-0.05, 0) is 37.5 Å². The van der Waals surface area contributed by atoms with Crippen molar-refractivity contribution in [1.82, 2.24) is 20.4 Å². The Morgan fingerprint density at radius 1 is 1.33 bits per heavy atom. The summed E-state index contributed by atoms with van der Waals surface area (Å²) in [5.74, 6) is 0.363. The van der Waals surface area contributed by atoms with E-state index in [0.717, 1.165) is 17.8 Å². The molecule has 0 saturated heterocycles. The lowest BCUT2D eigenvalue weighted by atomic mass is 10.0. The predicted octanol–water partition coefficient (Wildman–Crippen LogP) is 1.83. The summed E-state index contributed by atoms with van der Waals surface area (Å²) in [5.41, 5.74) is 8.07. The maximum Gasteiger partial charge on any atom is 0.273 e. The number of aryl methyl sites for hydroxylation is 1. The van der Waals surface area contributed by atoms with Gasteiger partial charge >= 0.3 is 0 Å². The molecule has 0 aromatic carbocycles. The molecule has 3 N–H and O–H groups in total. The van der Waals surface area contributed by atoms with Gasteiger partial charge in [-0.25, -0.2) is 10.4 Å². The third kappa shape index (κ3) is 2.18. The molecule has 0 spiro atoms. The lowest BCUT2D eigenvalue weighted by Crippen LogP contribution is -2.14. The Balaban J connectivity index is 2.06. The Morgan fingerprint density at radius 3 is 2.76 bits per heavy atom. The minimum atomic E-state index is -0.217. The standard InChI is InChI=1S/C15H17N5O/c1-4-10-8(2)12(18-9(10)3)7-11-13(19-20-15(11)21)14-16-5-6-17-14/h5-7,18H,4H2,1-3H3,(H,16,17)(H,20,21). The number of nitrogens with zero attached hydrogens (tertiary/aromatic N) is 2. The van der Waals surface area contributed by atoms with Crippen molar-refractivity contribution in [2.24, 2.45) is 5.10 Å². The number of hydrogen-bond acceptors (Lipinski definition) is 3. The van der Waals surface area contributed by atoms with E-state index in [9.17, 15) is 4.79 Å². The fourth-order valence-corrected chi connectivity index (χ4v) is 2.68. The van der Waals surface area contributed by atoms with Crippen LogP contribution in [0.3, 0.4) is 0 Å². The average molecular weight is 283 g/mol. The van der Waals surface area contributed by atoms with Crippen LogP contribution in [-0.4, -0.2) is 26.6 Å². The number of carbonyl (C=O) groups is 1. The van der Waals surface area contributed by atoms with E-state index in [1.807, 2.05) is 13.0 Å². The molecule has 3 heterocycles. The third-order valence-corrected chi connectivity index (χ3v) is 3.77. The molecule has 6 nitrogen and oxygen atoms in total. The van der Waals surface area contributed by atoms with E-state index in [-0.39, 0.29) is 5.91 Å². The van der Waals surface area contributed by atoms with Gasteiger partial charge in [0.1, 0.15) is 5.71 Å². The number of aromatic amines is 2. The predicted molar refractivity (Wildman–Crippen MR) is 80.9 cm³/mol. The van der Waals surface area contributed by atoms with E-state index in [2.05, 4.69) is 39.3 Å². The summed E-state index contributed by atoms with van der Waals surface area (Å²) in [6, 6.07) is 0. The smallest absolute Gasteiger partial charge is 0.273 e. The number of hydrogen-bond donors (Lipinski definition) is 3. The number of H-pyrrole nitrogens is 2. The molecule has 0 fully saturated rings. The van der Waals surface area contributed by atoms with Gasteiger partial charge in [-0.1, -0.05) is 6.92 Å². The largest absolute Gasteiger partial charge is 0.359 e. The fourth-order valence-electron chi connectivity index (χ4n) is 2.68. The number of aromatic nitrogens is 3. The first-order chi connectivity index (χ1) is 10.1. The molecule has 2 aromatic heterocycles. The number of nitrogens with one attached hydrogen (secondary N) is 3. The monoisotopic (exact) mass is 283 g/mol. The van der Waals surface area contributed by atoms with Crippen molar-refractivity contribution in [3.63, 3.8) is 0 Å². The van der Waals surface area contributed by atoms with Crippen LogP contribution in [0.15, 0.2) is 23.1 Å². The molecule has 21 heavy (non-hydrogen) atoms. The average Bonchev–Trinajstić information content (AvgIpc) is 3.14. The van der Waals surface area contributed by atoms with Gasteiger partial charge in [0.15, 0.2) is 5.82 Å². The van der Waals surface area contributed by atoms with Crippen molar-refractivity contribution in [1.29, 1.82) is 0 Å². The Hall–Kier alpha value is -2.63. The SMILES string of the molecule is CCc1c(C)[nH]c(C=C2C(=O)NN=C2c2ncc[nH]2)c1C. The minimum Gasteiger partial charge on any atom is -0.359 e. The normalized spacial score (nSPS) is 16.4. The van der Waals surface area contributed by atoms with Crippen molar-refractivity contribution in [3.8, 4) is 0 Å². The molecule has 1 aliphatic rings. The highest BCUT2D eigenvalue weighted by Crippen LogP contribution is 2.22. The highest BCUT2D eigenvalue weighted by molar-refractivity contribution is 6.32. The summed E-state index contributed by atoms with van der Waals surface area (Å²) in [6.07, 6.45) is 6.14. The van der Waals surface area contributed by atoms with Crippen LogP contribution < -0.4 is 5.43 Å². The van der Waals surface area contributed by atoms with E-state index in [4.69, 9.17) is 0 Å². The quantitative estimate of drug-likeness (QED) is 0.751. The molecule has 3 rings (SSSR count). The number of amides is 1. The van der Waals surface area contributed by atoms with Gasteiger partial charge in [-0.2, -0.15) is 5.10 Å². The van der Waals surface area contributed by atoms with Gasteiger partial charge < -0.3 is 9.97 Å². The summed E-state index contributed by atoms with van der Waals surface area (Å²) in [5, 5.41) is 4.06. The van der Waals surface area contributed by atoms with E-state index in [0.29, 0.717) is 17.1 Å². The maximum absolute atomic E-state index is 12.0. The van der Waals surface area contributed by atoms with Crippen LogP contribution in [0.1, 0.15) is 35.3 Å². The zero-order chi connectivity index (χ0) is 15.0. The molecular formula is C15H17N5O. The van der Waals surface area contributed by atoms with Crippen LogP contribution in [-0.2, 0) is 11.2 Å². The van der Waals surface area contributed by atoms with Crippen LogP contribution in [0.5, 0.6) is 0 Å². The first kappa shape index (κ1) is 13.4. The van der Waals surface area contributed by atoms with Crippen molar-refractivity contribution < 1.29 is 4.79 Å². The molecule has 0 aliphatic carbocycles. The summed E-state index contributed by atoms with van der Waals surface area (Å²) in [6.45, 7) is 6.23. The van der Waals surface area contributed by atoms with Crippen molar-refractivity contribution in [2.45, 2.75) is 27.2 Å². The first-order valence-corrected chi connectivity index (χ1v) is 6.89. The Kier molecular flexibility index (Phi) is 3.21. The second-order valence-electron chi connectivity index (χ2n) is 5.02. The van der Waals surface area contributed by atoms with Crippen molar-refractivity contribution in [2.75, 3.05) is 0 Å². The van der Waals surface area contributed by atoms with Gasteiger partial charge in [0.25, 0.3) is 5.91 Å². The van der Waals surface area contributed by atoms with E-state index < -0.39 is 0 Å². The summed E-state index contributed by atoms with van der Waals surface area (Å²) >= 11 is 0. The van der Waals surface area contributed by atoms with Gasteiger partial charge in [0, 0.05) is 23.8 Å². The fraction of sp³-hybridized carbons (Fsp3) is 0.267. The topological polar surface area (TPSA) is 85.9 Å². The first-order valence-electron chi connectivity index (χ1n) is 6.89. The lowest BCUT2D eigenvalue weighted by Gasteiger charge is -1.99. The molecule has 1 amide bonds. The van der Waals surface area contributed by atoms with E-state index in [1.165, 1.54) is 11.1 Å². The summed E-state index contributed by atoms with van der Waals surface area (Å²) < 4.78 is 0. The van der Waals surface area contributed by atoms with E-state index >= 15 is 0 Å². The van der Waals surface area contributed by atoms with Crippen molar-refractivity contribution >= 4 is 17.7 Å². The molecule has 108 valence electrons. The van der Waals surface area contributed by atoms with Gasteiger partial charge in [0.2, 0.25) is 0 Å². The number of rotatable bonds is 3. The molecule has 0 saturated carbocycles. The molecule has 6 heteroatoms. The second-order valence-corrected chi connectivity index (χ2v) is 5.02.